The van der Waals surface area contributed by atoms with E-state index in [4.69, 9.17) is 21.7 Å². The topological polar surface area (TPSA) is 100.0 Å². The monoisotopic (exact) mass is 491 g/mol. The SMILES string of the molecule is COC(=O)c1cnc(NC2CCCCC2)nc1NCC(C(=N)c1ccc(Cl)cc1)c1ccccc1. The van der Waals surface area contributed by atoms with E-state index in [0.29, 0.717) is 35.1 Å². The van der Waals surface area contributed by atoms with E-state index < -0.39 is 5.97 Å². The Hall–Kier alpha value is -3.45. The lowest BCUT2D eigenvalue weighted by atomic mass is 9.90. The van der Waals surface area contributed by atoms with Crippen molar-refractivity contribution in [1.29, 1.82) is 5.41 Å². The number of aromatic nitrogens is 2. The minimum Gasteiger partial charge on any atom is -0.465 e. The van der Waals surface area contributed by atoms with Crippen LogP contribution in [0, 0.1) is 5.41 Å². The number of halogens is 1. The molecule has 0 bridgehead atoms. The van der Waals surface area contributed by atoms with Gasteiger partial charge in [0.15, 0.2) is 0 Å². The minimum atomic E-state index is -0.513. The van der Waals surface area contributed by atoms with Gasteiger partial charge in [0.25, 0.3) is 0 Å². The zero-order chi connectivity index (χ0) is 24.6. The summed E-state index contributed by atoms with van der Waals surface area (Å²) in [4.78, 5) is 21.4. The van der Waals surface area contributed by atoms with Gasteiger partial charge in [-0.2, -0.15) is 4.98 Å². The number of hydrogen-bond acceptors (Lipinski definition) is 7. The van der Waals surface area contributed by atoms with Crippen LogP contribution in [0.1, 0.15) is 59.5 Å². The van der Waals surface area contributed by atoms with E-state index in [1.54, 1.807) is 12.1 Å². The molecule has 3 aromatic rings. The Morgan fingerprint density at radius 1 is 1.11 bits per heavy atom. The van der Waals surface area contributed by atoms with Crippen LogP contribution in [0.25, 0.3) is 0 Å². The Morgan fingerprint density at radius 2 is 1.83 bits per heavy atom. The third-order valence-electron chi connectivity index (χ3n) is 6.31. The lowest BCUT2D eigenvalue weighted by molar-refractivity contribution is 0.0601. The van der Waals surface area contributed by atoms with Crippen molar-refractivity contribution in [2.45, 2.75) is 44.1 Å². The quantitative estimate of drug-likeness (QED) is 0.253. The number of methoxy groups -OCH3 is 1. The zero-order valence-electron chi connectivity index (χ0n) is 19.8. The van der Waals surface area contributed by atoms with Crippen molar-refractivity contribution in [1.82, 2.24) is 9.97 Å². The first-order valence-corrected chi connectivity index (χ1v) is 12.3. The smallest absolute Gasteiger partial charge is 0.343 e. The lowest BCUT2D eigenvalue weighted by Crippen LogP contribution is -2.25. The molecule has 4 rings (SSSR count). The van der Waals surface area contributed by atoms with Crippen molar-refractivity contribution in [3.8, 4) is 0 Å². The van der Waals surface area contributed by atoms with Gasteiger partial charge in [-0.25, -0.2) is 9.78 Å². The third-order valence-corrected chi connectivity index (χ3v) is 6.56. The normalized spacial score (nSPS) is 14.7. The fraction of sp³-hybridized carbons (Fsp3) is 0.333. The molecule has 35 heavy (non-hydrogen) atoms. The van der Waals surface area contributed by atoms with E-state index in [-0.39, 0.29) is 11.5 Å². The van der Waals surface area contributed by atoms with E-state index in [2.05, 4.69) is 20.6 Å². The second kappa shape index (κ2) is 11.8. The number of benzene rings is 2. The molecule has 2 aromatic carbocycles. The van der Waals surface area contributed by atoms with Crippen LogP contribution in [0.2, 0.25) is 5.02 Å². The van der Waals surface area contributed by atoms with Gasteiger partial charge in [0.05, 0.1) is 7.11 Å². The zero-order valence-corrected chi connectivity index (χ0v) is 20.5. The molecule has 3 N–H and O–H groups in total. The highest BCUT2D eigenvalue weighted by atomic mass is 35.5. The van der Waals surface area contributed by atoms with Crippen LogP contribution in [0.3, 0.4) is 0 Å². The largest absolute Gasteiger partial charge is 0.465 e. The molecule has 0 spiro atoms. The molecular weight excluding hydrogens is 462 g/mol. The summed E-state index contributed by atoms with van der Waals surface area (Å²) >= 11 is 6.05. The van der Waals surface area contributed by atoms with Gasteiger partial charge in [-0.05, 0) is 36.1 Å². The van der Waals surface area contributed by atoms with Crippen LogP contribution in [0.4, 0.5) is 11.8 Å². The number of ether oxygens (including phenoxy) is 1. The molecule has 1 aromatic heterocycles. The highest BCUT2D eigenvalue weighted by Crippen LogP contribution is 2.25. The highest BCUT2D eigenvalue weighted by molar-refractivity contribution is 6.30. The Morgan fingerprint density at radius 3 is 2.51 bits per heavy atom. The fourth-order valence-corrected chi connectivity index (χ4v) is 4.50. The van der Waals surface area contributed by atoms with Gasteiger partial charge in [-0.1, -0.05) is 73.3 Å². The molecule has 182 valence electrons. The average molecular weight is 492 g/mol. The second-order valence-electron chi connectivity index (χ2n) is 8.69. The molecule has 0 amide bonds. The lowest BCUT2D eigenvalue weighted by Gasteiger charge is -2.24. The maximum absolute atomic E-state index is 12.4. The maximum atomic E-state index is 12.4. The summed E-state index contributed by atoms with van der Waals surface area (Å²) in [5, 5.41) is 16.3. The minimum absolute atomic E-state index is 0.256. The van der Waals surface area contributed by atoms with Gasteiger partial charge < -0.3 is 20.8 Å². The van der Waals surface area contributed by atoms with Gasteiger partial charge in [0, 0.05) is 35.4 Å². The van der Waals surface area contributed by atoms with Crippen molar-refractivity contribution in [2.75, 3.05) is 24.3 Å². The second-order valence-corrected chi connectivity index (χ2v) is 9.13. The van der Waals surface area contributed by atoms with Crippen LogP contribution in [-0.2, 0) is 4.74 Å². The number of hydrogen-bond donors (Lipinski definition) is 3. The van der Waals surface area contributed by atoms with E-state index >= 15 is 0 Å². The Bertz CT molecular complexity index is 1150. The molecule has 1 fully saturated rings. The van der Waals surface area contributed by atoms with Crippen molar-refractivity contribution in [3.05, 3.63) is 82.5 Å². The van der Waals surface area contributed by atoms with Crippen molar-refractivity contribution < 1.29 is 9.53 Å². The predicted molar refractivity (Wildman–Crippen MR) is 140 cm³/mol. The number of nitrogens with one attached hydrogen (secondary N) is 3. The van der Waals surface area contributed by atoms with Crippen LogP contribution in [0.15, 0.2) is 60.8 Å². The van der Waals surface area contributed by atoms with Crippen molar-refractivity contribution in [3.63, 3.8) is 0 Å². The summed E-state index contributed by atoms with van der Waals surface area (Å²) in [7, 11) is 1.34. The average Bonchev–Trinajstić information content (AvgIpc) is 2.90. The van der Waals surface area contributed by atoms with Crippen molar-refractivity contribution in [2.24, 2.45) is 0 Å². The molecule has 1 atom stereocenters. The summed E-state index contributed by atoms with van der Waals surface area (Å²) < 4.78 is 4.95. The van der Waals surface area contributed by atoms with E-state index in [1.807, 2.05) is 42.5 Å². The van der Waals surface area contributed by atoms with Crippen LogP contribution in [-0.4, -0.2) is 41.3 Å². The number of anilines is 2. The number of carbonyl (C=O) groups excluding carboxylic acids is 1. The van der Waals surface area contributed by atoms with Crippen LogP contribution in [0.5, 0.6) is 0 Å². The summed E-state index contributed by atoms with van der Waals surface area (Å²) in [6, 6.07) is 17.4. The van der Waals surface area contributed by atoms with Gasteiger partial charge in [-0.15, -0.1) is 0 Å². The molecule has 7 nitrogen and oxygen atoms in total. The summed E-state index contributed by atoms with van der Waals surface area (Å²) in [6.07, 6.45) is 7.30. The van der Waals surface area contributed by atoms with Crippen LogP contribution >= 0.6 is 11.6 Å². The van der Waals surface area contributed by atoms with E-state index in [1.165, 1.54) is 32.6 Å². The van der Waals surface area contributed by atoms with Gasteiger partial charge in [0.1, 0.15) is 11.4 Å². The molecule has 1 aliphatic carbocycles. The molecule has 1 saturated carbocycles. The van der Waals surface area contributed by atoms with E-state index in [9.17, 15) is 4.79 Å². The van der Waals surface area contributed by atoms with Gasteiger partial charge >= 0.3 is 5.97 Å². The summed E-state index contributed by atoms with van der Waals surface area (Å²) in [5.41, 5.74) is 2.45. The van der Waals surface area contributed by atoms with Gasteiger partial charge in [0.2, 0.25) is 5.95 Å². The molecule has 0 saturated heterocycles. The fourth-order valence-electron chi connectivity index (χ4n) is 4.38. The predicted octanol–water partition coefficient (Wildman–Crippen LogP) is 5.92. The number of rotatable bonds is 9. The highest BCUT2D eigenvalue weighted by Gasteiger charge is 2.22. The Kier molecular flexibility index (Phi) is 8.32. The first-order valence-electron chi connectivity index (χ1n) is 11.9. The molecule has 1 heterocycles. The Labute approximate surface area is 210 Å². The molecule has 0 radical (unpaired) electrons. The number of carbonyl (C=O) groups is 1. The first kappa shape index (κ1) is 24.7. The molecule has 8 heteroatoms. The molecular formula is C27H30ClN5O2. The third kappa shape index (κ3) is 6.36. The van der Waals surface area contributed by atoms with Crippen LogP contribution < -0.4 is 10.6 Å². The number of nitrogens with zero attached hydrogens (tertiary/aromatic N) is 2. The summed E-state index contributed by atoms with van der Waals surface area (Å²) in [5.74, 6) is 0.0689. The number of esters is 1. The molecule has 1 aliphatic rings. The van der Waals surface area contributed by atoms with Crippen molar-refractivity contribution >= 4 is 35.0 Å². The molecule has 1 unspecified atom stereocenters. The maximum Gasteiger partial charge on any atom is 0.343 e. The standard InChI is InChI=1S/C27H30ClN5O2/c1-35-26(34)23-17-31-27(32-21-10-6-3-7-11-21)33-25(23)30-16-22(18-8-4-2-5-9-18)24(29)19-12-14-20(28)15-13-19/h2,4-5,8-9,12-15,17,21-22,29H,3,6-7,10-11,16H2,1H3,(H2,30,31,32,33). The Balaban J connectivity index is 1.59. The molecule has 0 aliphatic heterocycles. The first-order chi connectivity index (χ1) is 17.0. The summed E-state index contributed by atoms with van der Waals surface area (Å²) in [6.45, 7) is 0.356. The van der Waals surface area contributed by atoms with E-state index in [0.717, 1.165) is 24.0 Å². The van der Waals surface area contributed by atoms with Gasteiger partial charge in [-0.3, -0.25) is 0 Å².